The summed E-state index contributed by atoms with van der Waals surface area (Å²) in [5.41, 5.74) is 1.38. The molecular formula is C17H16ClN3O2. The lowest BCUT2D eigenvalue weighted by Crippen LogP contribution is -2.32. The van der Waals surface area contributed by atoms with Crippen LogP contribution in [0.5, 0.6) is 0 Å². The molecular weight excluding hydrogens is 314 g/mol. The molecule has 0 radical (unpaired) electrons. The van der Waals surface area contributed by atoms with E-state index < -0.39 is 0 Å². The summed E-state index contributed by atoms with van der Waals surface area (Å²) in [4.78, 5) is 24.5. The summed E-state index contributed by atoms with van der Waals surface area (Å²) in [5.74, 6) is -0.212. The monoisotopic (exact) mass is 329 g/mol. The van der Waals surface area contributed by atoms with Crippen molar-refractivity contribution in [3.63, 3.8) is 0 Å². The van der Waals surface area contributed by atoms with Gasteiger partial charge in [0.05, 0.1) is 0 Å². The quantitative estimate of drug-likeness (QED) is 0.798. The van der Waals surface area contributed by atoms with Crippen LogP contribution < -0.4 is 10.9 Å². The average Bonchev–Trinajstić information content (AvgIpc) is 2.91. The number of amides is 1. The number of hydrogen-bond acceptors (Lipinski definition) is 2. The minimum absolute atomic E-state index is 0.00641. The number of halogens is 1. The fraction of sp³-hybridized carbons (Fsp3) is 0.176. The Hall–Kier alpha value is -2.53. The average molecular weight is 330 g/mol. The van der Waals surface area contributed by atoms with Gasteiger partial charge in [0.25, 0.3) is 5.56 Å². The largest absolute Gasteiger partial charge is 0.350 e. The molecule has 23 heavy (non-hydrogen) atoms. The van der Waals surface area contributed by atoms with E-state index in [-0.39, 0.29) is 18.0 Å². The second-order valence-corrected chi connectivity index (χ2v) is 5.82. The van der Waals surface area contributed by atoms with Gasteiger partial charge in [-0.15, -0.1) is 0 Å². The number of carbonyl (C=O) groups is 1. The molecule has 118 valence electrons. The molecule has 0 spiro atoms. The molecule has 0 aliphatic rings. The Morgan fingerprint density at radius 2 is 1.83 bits per heavy atom. The highest BCUT2D eigenvalue weighted by molar-refractivity contribution is 6.30. The van der Waals surface area contributed by atoms with Crippen LogP contribution in [0.2, 0.25) is 5.02 Å². The predicted molar refractivity (Wildman–Crippen MR) is 90.5 cm³/mol. The first-order chi connectivity index (χ1) is 11.0. The molecule has 0 saturated heterocycles. The first-order valence-corrected chi connectivity index (χ1v) is 7.58. The number of fused-ring (bicyclic) bond motifs is 1. The predicted octanol–water partition coefficient (Wildman–Crippen LogP) is 2.31. The highest BCUT2D eigenvalue weighted by Crippen LogP contribution is 2.10. The number of pyridine rings is 1. The molecule has 0 aliphatic heterocycles. The van der Waals surface area contributed by atoms with Gasteiger partial charge in [0.2, 0.25) is 5.91 Å². The molecule has 0 bridgehead atoms. The van der Waals surface area contributed by atoms with Crippen molar-refractivity contribution < 1.29 is 4.79 Å². The minimum Gasteiger partial charge on any atom is -0.350 e. The Morgan fingerprint density at radius 3 is 2.57 bits per heavy atom. The van der Waals surface area contributed by atoms with Crippen LogP contribution in [0.3, 0.4) is 0 Å². The van der Waals surface area contributed by atoms with Crippen molar-refractivity contribution in [2.75, 3.05) is 0 Å². The van der Waals surface area contributed by atoms with Crippen molar-refractivity contribution >= 4 is 28.4 Å². The van der Waals surface area contributed by atoms with Crippen LogP contribution in [0.1, 0.15) is 5.56 Å². The van der Waals surface area contributed by atoms with Gasteiger partial charge in [-0.2, -0.15) is 0 Å². The summed E-state index contributed by atoms with van der Waals surface area (Å²) < 4.78 is 3.18. The molecule has 0 unspecified atom stereocenters. The fourth-order valence-corrected chi connectivity index (χ4v) is 2.60. The van der Waals surface area contributed by atoms with Crippen LogP contribution >= 0.6 is 11.6 Å². The maximum Gasteiger partial charge on any atom is 0.275 e. The van der Waals surface area contributed by atoms with E-state index in [2.05, 4.69) is 5.32 Å². The highest BCUT2D eigenvalue weighted by atomic mass is 35.5. The Morgan fingerprint density at radius 1 is 1.13 bits per heavy atom. The van der Waals surface area contributed by atoms with E-state index in [1.165, 1.54) is 4.57 Å². The molecule has 0 fully saturated rings. The second kappa shape index (κ2) is 6.30. The number of rotatable bonds is 4. The molecule has 1 amide bonds. The number of aromatic nitrogens is 2. The molecule has 2 aromatic heterocycles. The van der Waals surface area contributed by atoms with Gasteiger partial charge in [-0.3, -0.25) is 9.59 Å². The van der Waals surface area contributed by atoms with E-state index in [0.717, 1.165) is 10.9 Å². The number of nitrogens with one attached hydrogen (secondary N) is 1. The van der Waals surface area contributed by atoms with Crippen LogP contribution in [-0.2, 0) is 24.9 Å². The van der Waals surface area contributed by atoms with Crippen LogP contribution in [0.15, 0.2) is 53.6 Å². The van der Waals surface area contributed by atoms with E-state index in [1.54, 1.807) is 22.9 Å². The number of carbonyl (C=O) groups excluding carboxylic acids is 1. The molecule has 2 heterocycles. The minimum atomic E-state index is -0.212. The number of benzene rings is 1. The maximum atomic E-state index is 12.4. The van der Waals surface area contributed by atoms with Gasteiger partial charge < -0.3 is 14.5 Å². The zero-order valence-electron chi connectivity index (χ0n) is 12.6. The summed E-state index contributed by atoms with van der Waals surface area (Å²) in [6.45, 7) is 0.394. The van der Waals surface area contributed by atoms with E-state index in [1.807, 2.05) is 37.5 Å². The van der Waals surface area contributed by atoms with Crippen LogP contribution in [-0.4, -0.2) is 15.0 Å². The third-order valence-electron chi connectivity index (χ3n) is 3.72. The van der Waals surface area contributed by atoms with Gasteiger partial charge in [-0.05, 0) is 29.8 Å². The van der Waals surface area contributed by atoms with E-state index in [0.29, 0.717) is 17.1 Å². The lowest BCUT2D eigenvalue weighted by molar-refractivity contribution is -0.121. The Balaban J connectivity index is 1.70. The van der Waals surface area contributed by atoms with E-state index in [4.69, 9.17) is 11.6 Å². The Bertz CT molecular complexity index is 910. The molecule has 0 aliphatic carbocycles. The van der Waals surface area contributed by atoms with E-state index >= 15 is 0 Å². The molecule has 3 rings (SSSR count). The fourth-order valence-electron chi connectivity index (χ4n) is 2.47. The van der Waals surface area contributed by atoms with Gasteiger partial charge >= 0.3 is 0 Å². The van der Waals surface area contributed by atoms with Crippen molar-refractivity contribution in [1.82, 2.24) is 14.5 Å². The van der Waals surface area contributed by atoms with Crippen molar-refractivity contribution in [3.8, 4) is 0 Å². The normalized spacial score (nSPS) is 10.9. The van der Waals surface area contributed by atoms with Crippen LogP contribution in [0.4, 0.5) is 0 Å². The molecule has 5 nitrogen and oxygen atoms in total. The summed E-state index contributed by atoms with van der Waals surface area (Å²) in [5, 5.41) is 4.33. The molecule has 1 N–H and O–H groups in total. The Kier molecular flexibility index (Phi) is 4.21. The van der Waals surface area contributed by atoms with Gasteiger partial charge in [-0.25, -0.2) is 0 Å². The third kappa shape index (κ3) is 3.29. The maximum absolute atomic E-state index is 12.4. The zero-order chi connectivity index (χ0) is 16.4. The van der Waals surface area contributed by atoms with Crippen molar-refractivity contribution in [3.05, 3.63) is 69.7 Å². The highest BCUT2D eigenvalue weighted by Gasteiger charge is 2.09. The summed E-state index contributed by atoms with van der Waals surface area (Å²) in [6, 6.07) is 11.0. The van der Waals surface area contributed by atoms with Crippen molar-refractivity contribution in [1.29, 1.82) is 0 Å². The van der Waals surface area contributed by atoms with Crippen LogP contribution in [0.25, 0.3) is 10.9 Å². The van der Waals surface area contributed by atoms with Gasteiger partial charge in [-0.1, -0.05) is 23.7 Å². The standard InChI is InChI=1S/C17H16ClN3O2/c1-20-8-6-13-7-9-21(17(23)16(13)20)11-15(22)19-10-12-2-4-14(18)5-3-12/h2-9H,10-11H2,1H3,(H,19,22). The lowest BCUT2D eigenvalue weighted by atomic mass is 10.2. The number of aryl methyl sites for hydroxylation is 1. The zero-order valence-corrected chi connectivity index (χ0v) is 13.4. The van der Waals surface area contributed by atoms with Crippen LogP contribution in [0, 0.1) is 0 Å². The first kappa shape index (κ1) is 15.4. The summed E-state index contributed by atoms with van der Waals surface area (Å²) in [6.07, 6.45) is 3.48. The smallest absolute Gasteiger partial charge is 0.275 e. The summed E-state index contributed by atoms with van der Waals surface area (Å²) in [7, 11) is 1.81. The lowest BCUT2D eigenvalue weighted by Gasteiger charge is -2.08. The van der Waals surface area contributed by atoms with Crippen molar-refractivity contribution in [2.45, 2.75) is 13.1 Å². The molecule has 0 atom stereocenters. The van der Waals surface area contributed by atoms with Gasteiger partial charge in [0, 0.05) is 36.4 Å². The SMILES string of the molecule is Cn1ccc2ccn(CC(=O)NCc3ccc(Cl)cc3)c(=O)c21. The van der Waals surface area contributed by atoms with Crippen molar-refractivity contribution in [2.24, 2.45) is 7.05 Å². The number of hydrogen-bond donors (Lipinski definition) is 1. The topological polar surface area (TPSA) is 56.0 Å². The van der Waals surface area contributed by atoms with Gasteiger partial charge in [0.15, 0.2) is 0 Å². The summed E-state index contributed by atoms with van der Waals surface area (Å²) >= 11 is 5.82. The Labute approximate surface area is 138 Å². The van der Waals surface area contributed by atoms with Gasteiger partial charge in [0.1, 0.15) is 12.1 Å². The second-order valence-electron chi connectivity index (χ2n) is 5.38. The molecule has 0 saturated carbocycles. The molecule has 1 aromatic carbocycles. The number of nitrogens with zero attached hydrogens (tertiary/aromatic N) is 2. The molecule has 3 aromatic rings. The van der Waals surface area contributed by atoms with E-state index in [9.17, 15) is 9.59 Å². The third-order valence-corrected chi connectivity index (χ3v) is 3.97. The first-order valence-electron chi connectivity index (χ1n) is 7.20. The molecule has 6 heteroatoms.